The van der Waals surface area contributed by atoms with Crippen LogP contribution in [-0.2, 0) is 19.4 Å². The van der Waals surface area contributed by atoms with Gasteiger partial charge in [0.2, 0.25) is 6.33 Å². The molecule has 0 aromatic carbocycles. The first-order valence-electron chi connectivity index (χ1n) is 6.95. The van der Waals surface area contributed by atoms with Gasteiger partial charge in [0.05, 0.1) is 6.54 Å². The fourth-order valence-corrected chi connectivity index (χ4v) is 2.27. The number of nitrogens with one attached hydrogen (secondary N) is 1. The first-order valence-corrected chi connectivity index (χ1v) is 6.95. The summed E-state index contributed by atoms with van der Waals surface area (Å²) in [5.41, 5.74) is 1.30. The van der Waals surface area contributed by atoms with Gasteiger partial charge in [-0.2, -0.15) is 0 Å². The summed E-state index contributed by atoms with van der Waals surface area (Å²) in [6, 6.07) is 1.85. The normalized spacial score (nSPS) is 12.8. The summed E-state index contributed by atoms with van der Waals surface area (Å²) in [6.45, 7) is 7.70. The van der Waals surface area contributed by atoms with Crippen LogP contribution in [-0.4, -0.2) is 15.0 Å². The smallest absolute Gasteiger partial charge is 0.241 e. The van der Waals surface area contributed by atoms with Crippen molar-refractivity contribution >= 4 is 0 Å². The molecule has 0 aliphatic carbocycles. The Morgan fingerprint density at radius 1 is 1.16 bits per heavy atom. The fourth-order valence-electron chi connectivity index (χ4n) is 2.27. The Hall–Kier alpha value is -1.71. The van der Waals surface area contributed by atoms with Crippen molar-refractivity contribution in [3.8, 4) is 0 Å². The summed E-state index contributed by atoms with van der Waals surface area (Å²) in [5, 5.41) is 0. The number of rotatable bonds is 6. The van der Waals surface area contributed by atoms with Gasteiger partial charge in [-0.1, -0.05) is 20.8 Å². The molecule has 0 aliphatic heterocycles. The van der Waals surface area contributed by atoms with E-state index in [0.29, 0.717) is 11.8 Å². The van der Waals surface area contributed by atoms with Crippen molar-refractivity contribution < 1.29 is 4.57 Å². The molecule has 0 saturated heterocycles. The van der Waals surface area contributed by atoms with Gasteiger partial charge in [-0.25, -0.2) is 19.5 Å². The van der Waals surface area contributed by atoms with Gasteiger partial charge in [0.25, 0.3) is 0 Å². The van der Waals surface area contributed by atoms with Crippen LogP contribution in [0.1, 0.15) is 32.3 Å². The number of hydrogen-bond acceptors (Lipinski definition) is 2. The molecular formula is C15H23N4+. The molecule has 2 heterocycles. The highest BCUT2D eigenvalue weighted by Gasteiger charge is 2.12. The zero-order valence-corrected chi connectivity index (χ0v) is 12.0. The zero-order valence-electron chi connectivity index (χ0n) is 12.0. The molecule has 0 fully saturated rings. The molecule has 0 spiro atoms. The molecule has 1 unspecified atom stereocenters. The van der Waals surface area contributed by atoms with Crippen LogP contribution >= 0.6 is 0 Å². The minimum Gasteiger partial charge on any atom is -0.248 e. The lowest BCUT2D eigenvalue weighted by Gasteiger charge is -2.07. The lowest BCUT2D eigenvalue weighted by atomic mass is 10.1. The molecule has 0 amide bonds. The molecule has 2 rings (SSSR count). The van der Waals surface area contributed by atoms with E-state index < -0.39 is 0 Å². The van der Waals surface area contributed by atoms with Crippen LogP contribution in [0.15, 0.2) is 31.0 Å². The van der Waals surface area contributed by atoms with E-state index in [0.717, 1.165) is 25.2 Å². The molecule has 0 bridgehead atoms. The number of nitrogens with zero attached hydrogens (tertiary/aromatic N) is 3. The second kappa shape index (κ2) is 6.45. The standard InChI is InChI=1S/C15H22N4/c1-12(2)7-14-10-19(11-18-14)9-13(3)8-15-16-5-4-6-17-15/h4-6,10-13H,7-9H2,1-3H3/p+1. The third-order valence-corrected chi connectivity index (χ3v) is 3.04. The molecule has 0 aliphatic rings. The Labute approximate surface area is 114 Å². The Bertz CT molecular complexity index is 490. The summed E-state index contributed by atoms with van der Waals surface area (Å²) in [4.78, 5) is 11.9. The number of aromatic nitrogens is 4. The van der Waals surface area contributed by atoms with Gasteiger partial charge in [-0.05, 0) is 12.0 Å². The second-order valence-corrected chi connectivity index (χ2v) is 5.70. The molecule has 1 N–H and O–H groups in total. The van der Waals surface area contributed by atoms with E-state index in [2.05, 4.69) is 52.8 Å². The van der Waals surface area contributed by atoms with Crippen molar-refractivity contribution in [3.05, 3.63) is 42.5 Å². The summed E-state index contributed by atoms with van der Waals surface area (Å²) in [5.74, 6) is 2.13. The maximum absolute atomic E-state index is 4.28. The molecule has 0 radical (unpaired) electrons. The molecule has 19 heavy (non-hydrogen) atoms. The van der Waals surface area contributed by atoms with E-state index in [1.165, 1.54) is 5.69 Å². The minimum absolute atomic E-state index is 0.523. The van der Waals surface area contributed by atoms with Crippen LogP contribution in [0.25, 0.3) is 0 Å². The Balaban J connectivity index is 1.88. The topological polar surface area (TPSA) is 45.5 Å². The number of aromatic amines is 1. The van der Waals surface area contributed by atoms with Crippen molar-refractivity contribution in [2.24, 2.45) is 11.8 Å². The molecule has 0 saturated carbocycles. The maximum Gasteiger partial charge on any atom is 0.241 e. The molecular weight excluding hydrogens is 236 g/mol. The maximum atomic E-state index is 4.28. The van der Waals surface area contributed by atoms with Crippen molar-refractivity contribution in [1.82, 2.24) is 15.0 Å². The summed E-state index contributed by atoms with van der Waals surface area (Å²) in [6.07, 6.45) is 9.89. The first-order chi connectivity index (χ1) is 9.13. The lowest BCUT2D eigenvalue weighted by Crippen LogP contribution is -2.35. The van der Waals surface area contributed by atoms with Gasteiger partial charge in [-0.15, -0.1) is 0 Å². The average Bonchev–Trinajstić information content (AvgIpc) is 2.76. The van der Waals surface area contributed by atoms with Crippen molar-refractivity contribution in [2.75, 3.05) is 0 Å². The van der Waals surface area contributed by atoms with Crippen LogP contribution in [0.3, 0.4) is 0 Å². The number of imidazole rings is 1. The van der Waals surface area contributed by atoms with Crippen LogP contribution in [0.4, 0.5) is 0 Å². The summed E-state index contributed by atoms with van der Waals surface area (Å²) in [7, 11) is 0. The summed E-state index contributed by atoms with van der Waals surface area (Å²) < 4.78 is 2.23. The SMILES string of the molecule is CC(C)Cc1c[n+](CC(C)Cc2ncccn2)c[nH]1. The van der Waals surface area contributed by atoms with E-state index in [-0.39, 0.29) is 0 Å². The molecule has 1 atom stereocenters. The molecule has 4 nitrogen and oxygen atoms in total. The Morgan fingerprint density at radius 3 is 2.58 bits per heavy atom. The van der Waals surface area contributed by atoms with Crippen LogP contribution in [0, 0.1) is 11.8 Å². The monoisotopic (exact) mass is 259 g/mol. The average molecular weight is 259 g/mol. The van der Waals surface area contributed by atoms with E-state index in [9.17, 15) is 0 Å². The van der Waals surface area contributed by atoms with Gasteiger partial charge < -0.3 is 0 Å². The fraction of sp³-hybridized carbons (Fsp3) is 0.533. The molecule has 102 valence electrons. The predicted molar refractivity (Wildman–Crippen MR) is 74.4 cm³/mol. The predicted octanol–water partition coefficient (Wildman–Crippen LogP) is 2.17. The summed E-state index contributed by atoms with van der Waals surface area (Å²) >= 11 is 0. The highest BCUT2D eigenvalue weighted by atomic mass is 15.0. The minimum atomic E-state index is 0.523. The Kier molecular flexibility index (Phi) is 4.66. The van der Waals surface area contributed by atoms with Crippen LogP contribution < -0.4 is 4.57 Å². The van der Waals surface area contributed by atoms with Gasteiger partial charge >= 0.3 is 0 Å². The number of H-pyrrole nitrogens is 1. The molecule has 2 aromatic rings. The van der Waals surface area contributed by atoms with E-state index in [1.54, 1.807) is 12.4 Å². The largest absolute Gasteiger partial charge is 0.248 e. The van der Waals surface area contributed by atoms with Crippen molar-refractivity contribution in [3.63, 3.8) is 0 Å². The van der Waals surface area contributed by atoms with Crippen LogP contribution in [0.2, 0.25) is 0 Å². The highest BCUT2D eigenvalue weighted by molar-refractivity contribution is 4.91. The molecule has 4 heteroatoms. The van der Waals surface area contributed by atoms with Gasteiger partial charge in [0.15, 0.2) is 0 Å². The van der Waals surface area contributed by atoms with Crippen molar-refractivity contribution in [2.45, 2.75) is 40.2 Å². The molecule has 2 aromatic heterocycles. The van der Waals surface area contributed by atoms with Gasteiger partial charge in [0.1, 0.15) is 17.7 Å². The zero-order chi connectivity index (χ0) is 13.7. The third-order valence-electron chi connectivity index (χ3n) is 3.04. The quantitative estimate of drug-likeness (QED) is 0.808. The third kappa shape index (κ3) is 4.47. The highest BCUT2D eigenvalue weighted by Crippen LogP contribution is 2.05. The van der Waals surface area contributed by atoms with Gasteiger partial charge in [-0.3, -0.25) is 0 Å². The van der Waals surface area contributed by atoms with Crippen molar-refractivity contribution in [1.29, 1.82) is 0 Å². The van der Waals surface area contributed by atoms with E-state index >= 15 is 0 Å². The number of hydrogen-bond donors (Lipinski definition) is 1. The van der Waals surface area contributed by atoms with Gasteiger partial charge in [0, 0.05) is 31.2 Å². The van der Waals surface area contributed by atoms with E-state index in [4.69, 9.17) is 0 Å². The first kappa shape index (κ1) is 13.7. The lowest BCUT2D eigenvalue weighted by molar-refractivity contribution is -0.701. The van der Waals surface area contributed by atoms with Crippen LogP contribution in [0.5, 0.6) is 0 Å². The Morgan fingerprint density at radius 2 is 1.89 bits per heavy atom. The second-order valence-electron chi connectivity index (χ2n) is 5.70. The van der Waals surface area contributed by atoms with E-state index in [1.807, 2.05) is 6.07 Å².